The Morgan fingerprint density at radius 3 is 2.95 bits per heavy atom. The van der Waals surface area contributed by atoms with Crippen LogP contribution < -0.4 is 5.73 Å². The smallest absolute Gasteiger partial charge is 0.278 e. The molecule has 0 bridgehead atoms. The molecule has 0 aliphatic rings. The molecule has 3 rings (SSSR count). The molecular weight excluding hydrogens is 273 g/mol. The highest BCUT2D eigenvalue weighted by Gasteiger charge is 2.13. The molecule has 2 N–H and O–H groups in total. The van der Waals surface area contributed by atoms with E-state index in [1.54, 1.807) is 30.7 Å². The van der Waals surface area contributed by atoms with Gasteiger partial charge in [0.05, 0.1) is 6.33 Å². The third-order valence-corrected chi connectivity index (χ3v) is 3.01. The molecule has 7 heteroatoms. The lowest BCUT2D eigenvalue weighted by atomic mass is 10.1. The standard InChI is InChI=1S/C14H14FN5O/c15-11-4-2-1-3-10(11)7-13-18-14(21-19-13)12-8-20(6-5-16)9-17-12/h1-4,8-9H,5-7,16H2. The largest absolute Gasteiger partial charge is 0.335 e. The summed E-state index contributed by atoms with van der Waals surface area (Å²) in [5.74, 6) is 0.455. The van der Waals surface area contributed by atoms with Crippen LogP contribution in [0, 0.1) is 5.82 Å². The van der Waals surface area contributed by atoms with E-state index in [1.165, 1.54) is 6.07 Å². The van der Waals surface area contributed by atoms with Crippen LogP contribution >= 0.6 is 0 Å². The Morgan fingerprint density at radius 2 is 2.14 bits per heavy atom. The van der Waals surface area contributed by atoms with Crippen molar-refractivity contribution in [3.05, 3.63) is 54.0 Å². The lowest BCUT2D eigenvalue weighted by Crippen LogP contribution is -2.07. The van der Waals surface area contributed by atoms with Crippen molar-refractivity contribution in [1.29, 1.82) is 0 Å². The molecule has 0 unspecified atom stereocenters. The predicted molar refractivity (Wildman–Crippen MR) is 73.8 cm³/mol. The zero-order chi connectivity index (χ0) is 14.7. The van der Waals surface area contributed by atoms with Crippen LogP contribution in [0.2, 0.25) is 0 Å². The molecule has 3 aromatic rings. The highest BCUT2D eigenvalue weighted by molar-refractivity contribution is 5.44. The molecule has 0 aliphatic heterocycles. The van der Waals surface area contributed by atoms with Crippen molar-refractivity contribution < 1.29 is 8.91 Å². The number of benzene rings is 1. The number of nitrogens with zero attached hydrogens (tertiary/aromatic N) is 4. The maximum atomic E-state index is 13.6. The zero-order valence-electron chi connectivity index (χ0n) is 11.2. The first kappa shape index (κ1) is 13.4. The average molecular weight is 287 g/mol. The summed E-state index contributed by atoms with van der Waals surface area (Å²) < 4.78 is 20.6. The van der Waals surface area contributed by atoms with Gasteiger partial charge in [0.15, 0.2) is 5.82 Å². The van der Waals surface area contributed by atoms with E-state index in [2.05, 4.69) is 15.1 Å². The molecule has 108 valence electrons. The predicted octanol–water partition coefficient (Wildman–Crippen LogP) is 1.62. The normalized spacial score (nSPS) is 11.0. The first-order valence-electron chi connectivity index (χ1n) is 6.54. The monoisotopic (exact) mass is 287 g/mol. The number of nitrogens with two attached hydrogens (primary N) is 1. The fourth-order valence-electron chi connectivity index (χ4n) is 1.98. The van der Waals surface area contributed by atoms with Gasteiger partial charge in [0.25, 0.3) is 5.89 Å². The van der Waals surface area contributed by atoms with Gasteiger partial charge in [-0.1, -0.05) is 23.4 Å². The molecule has 6 nitrogen and oxygen atoms in total. The Kier molecular flexibility index (Phi) is 3.74. The third kappa shape index (κ3) is 2.97. The number of imidazole rings is 1. The van der Waals surface area contributed by atoms with Crippen LogP contribution in [0.3, 0.4) is 0 Å². The van der Waals surface area contributed by atoms with Gasteiger partial charge < -0.3 is 14.8 Å². The van der Waals surface area contributed by atoms with Gasteiger partial charge in [0, 0.05) is 25.7 Å². The van der Waals surface area contributed by atoms with E-state index in [9.17, 15) is 4.39 Å². The summed E-state index contributed by atoms with van der Waals surface area (Å²) in [6, 6.07) is 6.52. The second-order valence-corrected chi connectivity index (χ2v) is 4.57. The van der Waals surface area contributed by atoms with E-state index >= 15 is 0 Å². The van der Waals surface area contributed by atoms with Crippen molar-refractivity contribution in [2.45, 2.75) is 13.0 Å². The summed E-state index contributed by atoms with van der Waals surface area (Å²) in [7, 11) is 0. The molecule has 2 heterocycles. The Bertz CT molecular complexity index is 736. The van der Waals surface area contributed by atoms with Crippen molar-refractivity contribution in [2.75, 3.05) is 6.54 Å². The highest BCUT2D eigenvalue weighted by atomic mass is 19.1. The highest BCUT2D eigenvalue weighted by Crippen LogP contribution is 2.17. The number of halogens is 1. The molecule has 0 saturated heterocycles. The molecule has 0 atom stereocenters. The summed E-state index contributed by atoms with van der Waals surface area (Å²) >= 11 is 0. The SMILES string of the molecule is NCCn1cnc(-c2nc(Cc3ccccc3F)no2)c1. The van der Waals surface area contributed by atoms with Crippen molar-refractivity contribution >= 4 is 0 Å². The summed E-state index contributed by atoms with van der Waals surface area (Å²) in [5, 5.41) is 3.86. The van der Waals surface area contributed by atoms with Gasteiger partial charge in [-0.25, -0.2) is 9.37 Å². The fourth-order valence-corrected chi connectivity index (χ4v) is 1.98. The van der Waals surface area contributed by atoms with Crippen LogP contribution in [0.25, 0.3) is 11.6 Å². The molecule has 0 radical (unpaired) electrons. The van der Waals surface area contributed by atoms with Crippen molar-refractivity contribution in [2.24, 2.45) is 5.73 Å². The molecular formula is C14H14FN5O. The van der Waals surface area contributed by atoms with Crippen LogP contribution in [-0.4, -0.2) is 26.2 Å². The molecule has 0 amide bonds. The minimum absolute atomic E-state index is 0.277. The Labute approximate surface area is 120 Å². The summed E-state index contributed by atoms with van der Waals surface area (Å²) in [4.78, 5) is 8.42. The quantitative estimate of drug-likeness (QED) is 0.771. The van der Waals surface area contributed by atoms with Gasteiger partial charge in [-0.2, -0.15) is 4.98 Å². The summed E-state index contributed by atoms with van der Waals surface area (Å²) in [5.41, 5.74) is 6.58. The van der Waals surface area contributed by atoms with E-state index in [4.69, 9.17) is 10.3 Å². The fraction of sp³-hybridized carbons (Fsp3) is 0.214. The summed E-state index contributed by atoms with van der Waals surface area (Å²) in [6.45, 7) is 1.20. The number of hydrogen-bond donors (Lipinski definition) is 1. The molecule has 0 fully saturated rings. The van der Waals surface area contributed by atoms with Gasteiger partial charge >= 0.3 is 0 Å². The first-order valence-corrected chi connectivity index (χ1v) is 6.54. The number of rotatable bonds is 5. The van der Waals surface area contributed by atoms with Crippen molar-refractivity contribution in [3.8, 4) is 11.6 Å². The molecule has 2 aromatic heterocycles. The topological polar surface area (TPSA) is 82.8 Å². The number of hydrogen-bond acceptors (Lipinski definition) is 5. The van der Waals surface area contributed by atoms with E-state index in [1.807, 2.05) is 4.57 Å². The maximum Gasteiger partial charge on any atom is 0.278 e. The van der Waals surface area contributed by atoms with E-state index in [-0.39, 0.29) is 12.2 Å². The Balaban J connectivity index is 1.78. The minimum Gasteiger partial charge on any atom is -0.335 e. The van der Waals surface area contributed by atoms with E-state index in [0.29, 0.717) is 36.1 Å². The van der Waals surface area contributed by atoms with Crippen molar-refractivity contribution in [3.63, 3.8) is 0 Å². The van der Waals surface area contributed by atoms with Crippen molar-refractivity contribution in [1.82, 2.24) is 19.7 Å². The van der Waals surface area contributed by atoms with Crippen LogP contribution in [0.4, 0.5) is 4.39 Å². The second-order valence-electron chi connectivity index (χ2n) is 4.57. The molecule has 0 aliphatic carbocycles. The lowest BCUT2D eigenvalue weighted by Gasteiger charge is -1.97. The maximum absolute atomic E-state index is 13.6. The van der Waals surface area contributed by atoms with E-state index in [0.717, 1.165) is 0 Å². The molecule has 0 spiro atoms. The summed E-state index contributed by atoms with van der Waals surface area (Å²) in [6.07, 6.45) is 3.72. The first-order chi connectivity index (χ1) is 10.3. The van der Waals surface area contributed by atoms with Gasteiger partial charge in [-0.15, -0.1) is 0 Å². The molecule has 0 saturated carbocycles. The second kappa shape index (κ2) is 5.84. The lowest BCUT2D eigenvalue weighted by molar-refractivity contribution is 0.422. The van der Waals surface area contributed by atoms with Crippen LogP contribution in [-0.2, 0) is 13.0 Å². The van der Waals surface area contributed by atoms with Crippen LogP contribution in [0.15, 0.2) is 41.3 Å². The minimum atomic E-state index is -0.281. The molecule has 21 heavy (non-hydrogen) atoms. The van der Waals surface area contributed by atoms with Crippen LogP contribution in [0.5, 0.6) is 0 Å². The average Bonchev–Trinajstić information content (AvgIpc) is 3.11. The van der Waals surface area contributed by atoms with Gasteiger partial charge in [0.2, 0.25) is 0 Å². The van der Waals surface area contributed by atoms with E-state index < -0.39 is 0 Å². The Morgan fingerprint density at radius 1 is 1.29 bits per heavy atom. The number of aromatic nitrogens is 4. The van der Waals surface area contributed by atoms with Gasteiger partial charge in [-0.05, 0) is 11.6 Å². The van der Waals surface area contributed by atoms with Crippen LogP contribution in [0.1, 0.15) is 11.4 Å². The Hall–Kier alpha value is -2.54. The zero-order valence-corrected chi connectivity index (χ0v) is 11.2. The third-order valence-electron chi connectivity index (χ3n) is 3.01. The van der Waals surface area contributed by atoms with Gasteiger partial charge in [-0.3, -0.25) is 0 Å². The molecule has 1 aromatic carbocycles. The van der Waals surface area contributed by atoms with Gasteiger partial charge in [0.1, 0.15) is 11.5 Å².